The molecule has 0 spiro atoms. The second-order valence-corrected chi connectivity index (χ2v) is 5.41. The number of guanidine groups is 1. The Morgan fingerprint density at radius 2 is 1.88 bits per heavy atom. The Hall–Kier alpha value is -2.09. The Bertz CT molecular complexity index is 744. The molecule has 4 N–H and O–H groups in total. The van der Waals surface area contributed by atoms with E-state index in [1.807, 2.05) is 36.4 Å². The molecule has 0 aliphatic heterocycles. The molecule has 0 atom stereocenters. The predicted molar refractivity (Wildman–Crippen MR) is 110 cm³/mol. The van der Waals surface area contributed by atoms with Crippen LogP contribution < -0.4 is 16.4 Å². The summed E-state index contributed by atoms with van der Waals surface area (Å²) in [7, 11) is 1.61. The molecule has 2 aromatic rings. The lowest BCUT2D eigenvalue weighted by molar-refractivity contribution is 0.0963. The van der Waals surface area contributed by atoms with Crippen molar-refractivity contribution in [1.82, 2.24) is 5.32 Å². The number of hydrogen-bond donors (Lipinski definition) is 3. The lowest BCUT2D eigenvalue weighted by Gasteiger charge is -2.08. The first kappa shape index (κ1) is 20.0. The molecule has 0 aliphatic carbocycles. The number of benzene rings is 2. The maximum absolute atomic E-state index is 11.6. The van der Waals surface area contributed by atoms with Crippen molar-refractivity contribution in [2.75, 3.05) is 12.4 Å². The number of nitrogens with two attached hydrogens (primary N) is 1. The summed E-state index contributed by atoms with van der Waals surface area (Å²) in [5.41, 5.74) is 10.8. The quantitative estimate of drug-likeness (QED) is 0.390. The third kappa shape index (κ3) is 5.52. The molecule has 128 valence electrons. The first-order valence-corrected chi connectivity index (χ1v) is 7.45. The van der Waals surface area contributed by atoms with Crippen molar-refractivity contribution in [1.29, 1.82) is 0 Å². The highest BCUT2D eigenvalue weighted by Crippen LogP contribution is 2.14. The summed E-state index contributed by atoms with van der Waals surface area (Å²) in [5, 5.41) is 5.68. The molecule has 0 radical (unpaired) electrons. The molecule has 24 heavy (non-hydrogen) atoms. The molecule has 0 saturated carbocycles. The second-order valence-electron chi connectivity index (χ2n) is 5.41. The average Bonchev–Trinajstić information content (AvgIpc) is 2.56. The highest BCUT2D eigenvalue weighted by atomic mass is 127. The molecule has 2 rings (SSSR count). The van der Waals surface area contributed by atoms with Crippen molar-refractivity contribution < 1.29 is 4.79 Å². The van der Waals surface area contributed by atoms with Gasteiger partial charge in [-0.15, -0.1) is 24.0 Å². The van der Waals surface area contributed by atoms with Gasteiger partial charge in [0.2, 0.25) is 0 Å². The van der Waals surface area contributed by atoms with Crippen LogP contribution in [0.25, 0.3) is 0 Å². The predicted octanol–water partition coefficient (Wildman–Crippen LogP) is 3.21. The number of anilines is 1. The van der Waals surface area contributed by atoms with Crippen LogP contribution in [-0.2, 0) is 6.54 Å². The lowest BCUT2D eigenvalue weighted by Crippen LogP contribution is -2.22. The monoisotopic (exact) mass is 438 g/mol. The number of nitrogens with one attached hydrogen (secondary N) is 2. The summed E-state index contributed by atoms with van der Waals surface area (Å²) >= 11 is 0. The molecule has 1 amide bonds. The Kier molecular flexibility index (Phi) is 7.70. The van der Waals surface area contributed by atoms with Crippen molar-refractivity contribution in [2.45, 2.75) is 20.4 Å². The normalized spacial score (nSPS) is 10.7. The van der Waals surface area contributed by atoms with E-state index in [4.69, 9.17) is 5.73 Å². The molecule has 0 unspecified atom stereocenters. The smallest absolute Gasteiger partial charge is 0.251 e. The van der Waals surface area contributed by atoms with Gasteiger partial charge in [0, 0.05) is 18.3 Å². The molecular formula is C18H23IN4O. The number of aliphatic imine (C=N–C) groups is 1. The highest BCUT2D eigenvalue weighted by Gasteiger charge is 2.03. The number of rotatable bonds is 4. The topological polar surface area (TPSA) is 79.5 Å². The molecule has 0 saturated heterocycles. The molecule has 0 fully saturated rings. The number of carbonyl (C=O) groups excluding carboxylic acids is 1. The molecule has 2 aromatic carbocycles. The van der Waals surface area contributed by atoms with E-state index in [1.165, 1.54) is 11.1 Å². The van der Waals surface area contributed by atoms with E-state index in [0.29, 0.717) is 18.1 Å². The molecule has 0 aliphatic rings. The van der Waals surface area contributed by atoms with Gasteiger partial charge in [0.05, 0.1) is 6.54 Å². The first-order chi connectivity index (χ1) is 11.0. The molecule has 0 heterocycles. The molecule has 0 bridgehead atoms. The minimum absolute atomic E-state index is 0. The van der Waals surface area contributed by atoms with E-state index in [0.717, 1.165) is 11.3 Å². The maximum atomic E-state index is 11.6. The van der Waals surface area contributed by atoms with Crippen LogP contribution in [0, 0.1) is 13.8 Å². The number of aryl methyl sites for hydroxylation is 2. The van der Waals surface area contributed by atoms with E-state index in [1.54, 1.807) is 13.1 Å². The van der Waals surface area contributed by atoms with Gasteiger partial charge in [-0.05, 0) is 54.8 Å². The van der Waals surface area contributed by atoms with E-state index < -0.39 is 0 Å². The summed E-state index contributed by atoms with van der Waals surface area (Å²) in [6.07, 6.45) is 0. The van der Waals surface area contributed by atoms with E-state index in [-0.39, 0.29) is 29.9 Å². The van der Waals surface area contributed by atoms with Crippen LogP contribution >= 0.6 is 24.0 Å². The van der Waals surface area contributed by atoms with Crippen LogP contribution in [0.4, 0.5) is 5.69 Å². The van der Waals surface area contributed by atoms with Gasteiger partial charge in [0.15, 0.2) is 5.96 Å². The SMILES string of the molecule is CNC(=O)c1cccc(CN=C(N)Nc2ccc(C)c(C)c2)c1.I. The van der Waals surface area contributed by atoms with Gasteiger partial charge in [0.1, 0.15) is 0 Å². The van der Waals surface area contributed by atoms with Crippen LogP contribution in [0.15, 0.2) is 47.5 Å². The minimum Gasteiger partial charge on any atom is -0.370 e. The lowest BCUT2D eigenvalue weighted by atomic mass is 10.1. The van der Waals surface area contributed by atoms with Gasteiger partial charge in [-0.2, -0.15) is 0 Å². The van der Waals surface area contributed by atoms with Gasteiger partial charge < -0.3 is 16.4 Å². The van der Waals surface area contributed by atoms with Crippen molar-refractivity contribution in [3.63, 3.8) is 0 Å². The summed E-state index contributed by atoms with van der Waals surface area (Å²) in [4.78, 5) is 15.9. The largest absolute Gasteiger partial charge is 0.370 e. The van der Waals surface area contributed by atoms with Gasteiger partial charge in [-0.1, -0.05) is 18.2 Å². The minimum atomic E-state index is -0.114. The summed E-state index contributed by atoms with van der Waals surface area (Å²) in [6.45, 7) is 4.53. The van der Waals surface area contributed by atoms with Crippen LogP contribution in [0.1, 0.15) is 27.0 Å². The second kappa shape index (κ2) is 9.27. The van der Waals surface area contributed by atoms with Crippen LogP contribution in [0.5, 0.6) is 0 Å². The van der Waals surface area contributed by atoms with Gasteiger partial charge in [0.25, 0.3) is 5.91 Å². The zero-order valence-electron chi connectivity index (χ0n) is 14.1. The molecule has 0 aromatic heterocycles. The zero-order valence-corrected chi connectivity index (χ0v) is 16.4. The van der Waals surface area contributed by atoms with Crippen molar-refractivity contribution >= 4 is 41.5 Å². The Labute approximate surface area is 159 Å². The highest BCUT2D eigenvalue weighted by molar-refractivity contribution is 14.0. The Morgan fingerprint density at radius 1 is 1.12 bits per heavy atom. The van der Waals surface area contributed by atoms with Crippen LogP contribution in [0.2, 0.25) is 0 Å². The van der Waals surface area contributed by atoms with Gasteiger partial charge >= 0.3 is 0 Å². The molecule has 5 nitrogen and oxygen atoms in total. The molecule has 6 heteroatoms. The van der Waals surface area contributed by atoms with Crippen molar-refractivity contribution in [3.8, 4) is 0 Å². The van der Waals surface area contributed by atoms with Crippen LogP contribution in [0.3, 0.4) is 0 Å². The van der Waals surface area contributed by atoms with Crippen molar-refractivity contribution in [3.05, 3.63) is 64.7 Å². The van der Waals surface area contributed by atoms with Gasteiger partial charge in [-0.3, -0.25) is 4.79 Å². The average molecular weight is 438 g/mol. The summed E-state index contributed by atoms with van der Waals surface area (Å²) < 4.78 is 0. The standard InChI is InChI=1S/C18H22N4O.HI/c1-12-7-8-16(9-13(12)2)22-18(19)21-11-14-5-4-6-15(10-14)17(23)20-3;/h4-10H,11H2,1-3H3,(H,20,23)(H3,19,21,22);1H. The number of carbonyl (C=O) groups is 1. The van der Waals surface area contributed by atoms with Crippen LogP contribution in [-0.4, -0.2) is 18.9 Å². The van der Waals surface area contributed by atoms with E-state index in [2.05, 4.69) is 29.5 Å². The fourth-order valence-electron chi connectivity index (χ4n) is 2.14. The maximum Gasteiger partial charge on any atom is 0.251 e. The fraction of sp³-hybridized carbons (Fsp3) is 0.222. The fourth-order valence-corrected chi connectivity index (χ4v) is 2.14. The third-order valence-electron chi connectivity index (χ3n) is 3.63. The van der Waals surface area contributed by atoms with Gasteiger partial charge in [-0.25, -0.2) is 4.99 Å². The first-order valence-electron chi connectivity index (χ1n) is 7.45. The summed E-state index contributed by atoms with van der Waals surface area (Å²) in [6, 6.07) is 13.4. The Morgan fingerprint density at radius 3 is 2.54 bits per heavy atom. The number of amides is 1. The van der Waals surface area contributed by atoms with E-state index >= 15 is 0 Å². The number of nitrogens with zero attached hydrogens (tertiary/aromatic N) is 1. The third-order valence-corrected chi connectivity index (χ3v) is 3.63. The van der Waals surface area contributed by atoms with Crippen molar-refractivity contribution in [2.24, 2.45) is 10.7 Å². The number of halogens is 1. The molecular weight excluding hydrogens is 415 g/mol. The summed E-state index contributed by atoms with van der Waals surface area (Å²) in [5.74, 6) is 0.232. The van der Waals surface area contributed by atoms with E-state index in [9.17, 15) is 4.79 Å². The number of hydrogen-bond acceptors (Lipinski definition) is 2. The Balaban J connectivity index is 0.00000288. The zero-order chi connectivity index (χ0) is 16.8.